The summed E-state index contributed by atoms with van der Waals surface area (Å²) in [5.41, 5.74) is 6.15. The molecule has 0 atom stereocenters. The molecule has 3 rings (SSSR count). The molecule has 168 valence electrons. The van der Waals surface area contributed by atoms with Gasteiger partial charge in [0.1, 0.15) is 0 Å². The highest BCUT2D eigenvalue weighted by atomic mass is 16.2. The molecule has 6 heteroatoms. The average molecular weight is 425 g/mol. The molecule has 0 bridgehead atoms. The zero-order valence-corrected chi connectivity index (χ0v) is 19.6. The molecule has 1 fully saturated rings. The molecule has 1 saturated heterocycles. The van der Waals surface area contributed by atoms with Crippen LogP contribution in [0.4, 0.5) is 5.69 Å². The molecule has 1 aromatic heterocycles. The Morgan fingerprint density at radius 1 is 0.935 bits per heavy atom. The van der Waals surface area contributed by atoms with Gasteiger partial charge in [-0.2, -0.15) is 0 Å². The van der Waals surface area contributed by atoms with Crippen LogP contribution in [0.1, 0.15) is 46.2 Å². The Hall–Kier alpha value is -2.44. The molecule has 1 aliphatic heterocycles. The molecule has 0 aliphatic carbocycles. The van der Waals surface area contributed by atoms with Crippen LogP contribution in [-0.2, 0) is 11.3 Å². The second kappa shape index (κ2) is 10.2. The molecule has 0 saturated carbocycles. The molecule has 1 amide bonds. The summed E-state index contributed by atoms with van der Waals surface area (Å²) in [6.45, 7) is 15.3. The van der Waals surface area contributed by atoms with E-state index in [0.717, 1.165) is 72.9 Å². The van der Waals surface area contributed by atoms with Crippen molar-refractivity contribution in [2.24, 2.45) is 0 Å². The molecule has 0 spiro atoms. The highest BCUT2D eigenvalue weighted by Gasteiger charge is 2.23. The predicted molar refractivity (Wildman–Crippen MR) is 126 cm³/mol. The van der Waals surface area contributed by atoms with Crippen LogP contribution in [0.15, 0.2) is 24.3 Å². The van der Waals surface area contributed by atoms with Crippen molar-refractivity contribution in [1.82, 2.24) is 14.4 Å². The number of benzene rings is 1. The van der Waals surface area contributed by atoms with Crippen molar-refractivity contribution in [2.75, 3.05) is 44.6 Å². The van der Waals surface area contributed by atoms with Gasteiger partial charge in [0.2, 0.25) is 5.91 Å². The lowest BCUT2D eigenvalue weighted by atomic mass is 10.1. The van der Waals surface area contributed by atoms with Gasteiger partial charge in [-0.3, -0.25) is 19.4 Å². The molecule has 1 aliphatic rings. The van der Waals surface area contributed by atoms with Gasteiger partial charge in [-0.05, 0) is 51.3 Å². The molecule has 6 nitrogen and oxygen atoms in total. The Balaban J connectivity index is 1.49. The van der Waals surface area contributed by atoms with Crippen molar-refractivity contribution >= 4 is 17.4 Å². The van der Waals surface area contributed by atoms with E-state index in [9.17, 15) is 9.59 Å². The molecule has 0 unspecified atom stereocenters. The maximum absolute atomic E-state index is 12.9. The lowest BCUT2D eigenvalue weighted by Gasteiger charge is -2.33. The van der Waals surface area contributed by atoms with Crippen molar-refractivity contribution in [3.8, 4) is 0 Å². The van der Waals surface area contributed by atoms with Gasteiger partial charge in [-0.25, -0.2) is 0 Å². The van der Waals surface area contributed by atoms with Gasteiger partial charge >= 0.3 is 0 Å². The van der Waals surface area contributed by atoms with Gasteiger partial charge in [0.25, 0.3) is 0 Å². The number of ketones is 1. The van der Waals surface area contributed by atoms with E-state index >= 15 is 0 Å². The molecule has 2 aromatic rings. The number of para-hydroxylation sites is 1. The van der Waals surface area contributed by atoms with Gasteiger partial charge in [0.15, 0.2) is 5.78 Å². The maximum Gasteiger partial charge on any atom is 0.238 e. The van der Waals surface area contributed by atoms with Crippen LogP contribution in [0.2, 0.25) is 0 Å². The maximum atomic E-state index is 12.9. The number of nitrogens with one attached hydrogen (secondary N) is 1. The van der Waals surface area contributed by atoms with Crippen molar-refractivity contribution in [1.29, 1.82) is 0 Å². The molecule has 1 N–H and O–H groups in total. The predicted octanol–water partition coefficient (Wildman–Crippen LogP) is 3.57. The first-order chi connectivity index (χ1) is 14.8. The zero-order chi connectivity index (χ0) is 22.5. The topological polar surface area (TPSA) is 57.6 Å². The summed E-state index contributed by atoms with van der Waals surface area (Å²) >= 11 is 0. The Kier molecular flexibility index (Phi) is 7.68. The van der Waals surface area contributed by atoms with Crippen LogP contribution < -0.4 is 5.32 Å². The lowest BCUT2D eigenvalue weighted by Crippen LogP contribution is -2.49. The number of nitrogens with zero attached hydrogens (tertiary/aromatic N) is 3. The lowest BCUT2D eigenvalue weighted by molar-refractivity contribution is -0.117. The summed E-state index contributed by atoms with van der Waals surface area (Å²) in [5, 5.41) is 3.06. The second-order valence-corrected chi connectivity index (χ2v) is 8.73. The molecule has 1 aromatic carbocycles. The summed E-state index contributed by atoms with van der Waals surface area (Å²) in [5.74, 6) is 0.210. The van der Waals surface area contributed by atoms with E-state index in [1.807, 2.05) is 45.0 Å². The van der Waals surface area contributed by atoms with Crippen LogP contribution in [-0.4, -0.2) is 65.3 Å². The Bertz CT molecular complexity index is 919. The smallest absolute Gasteiger partial charge is 0.238 e. The number of rotatable bonds is 8. The summed E-state index contributed by atoms with van der Waals surface area (Å²) in [4.78, 5) is 29.8. The zero-order valence-electron chi connectivity index (χ0n) is 19.6. The highest BCUT2D eigenvalue weighted by Crippen LogP contribution is 2.20. The summed E-state index contributed by atoms with van der Waals surface area (Å²) in [6, 6.07) is 8.06. The number of carbonyl (C=O) groups is 2. The van der Waals surface area contributed by atoms with E-state index < -0.39 is 0 Å². The minimum Gasteiger partial charge on any atom is -0.348 e. The van der Waals surface area contributed by atoms with Crippen LogP contribution in [0.3, 0.4) is 0 Å². The van der Waals surface area contributed by atoms with E-state index in [2.05, 4.69) is 33.5 Å². The number of carbonyl (C=O) groups excluding carboxylic acids is 2. The van der Waals surface area contributed by atoms with Crippen LogP contribution in [0.25, 0.3) is 0 Å². The molecular formula is C25H36N4O2. The summed E-state index contributed by atoms with van der Waals surface area (Å²) in [6.07, 6.45) is 1.06. The van der Waals surface area contributed by atoms with Gasteiger partial charge in [0.05, 0.1) is 13.1 Å². The molecule has 2 heterocycles. The first-order valence-corrected chi connectivity index (χ1v) is 11.3. The third kappa shape index (κ3) is 5.63. The number of anilines is 1. The first kappa shape index (κ1) is 23.2. The number of amides is 1. The minimum atomic E-state index is 0.0188. The highest BCUT2D eigenvalue weighted by molar-refractivity contribution is 5.99. The summed E-state index contributed by atoms with van der Waals surface area (Å²) in [7, 11) is 0. The Morgan fingerprint density at radius 2 is 1.52 bits per heavy atom. The fourth-order valence-corrected chi connectivity index (χ4v) is 4.44. The standard InChI is InChI=1S/C25H36N4O2/c1-6-10-29-20(4)15-22(21(29)5)23(30)16-27-11-13-28(14-12-27)17-24(31)26-25-18(2)8-7-9-19(25)3/h7-9,15H,6,10-14,16-17H2,1-5H3,(H,26,31). The van der Waals surface area contributed by atoms with E-state index in [0.29, 0.717) is 13.1 Å². The number of hydrogen-bond acceptors (Lipinski definition) is 4. The quantitative estimate of drug-likeness (QED) is 0.658. The molecule has 0 radical (unpaired) electrons. The summed E-state index contributed by atoms with van der Waals surface area (Å²) < 4.78 is 2.24. The SMILES string of the molecule is CCCn1c(C)cc(C(=O)CN2CCN(CC(=O)Nc3c(C)cccc3C)CC2)c1C. The van der Waals surface area contributed by atoms with Crippen LogP contribution >= 0.6 is 0 Å². The minimum absolute atomic E-state index is 0.0188. The van der Waals surface area contributed by atoms with Crippen molar-refractivity contribution in [3.05, 3.63) is 52.3 Å². The van der Waals surface area contributed by atoms with Crippen LogP contribution in [0, 0.1) is 27.7 Å². The number of Topliss-reactive ketones (excluding diaryl/α,β-unsaturated/α-hetero) is 1. The number of hydrogen-bond donors (Lipinski definition) is 1. The average Bonchev–Trinajstić information content (AvgIpc) is 3.01. The largest absolute Gasteiger partial charge is 0.348 e. The van der Waals surface area contributed by atoms with Gasteiger partial charge in [-0.1, -0.05) is 25.1 Å². The number of piperazine rings is 1. The fraction of sp³-hybridized carbons (Fsp3) is 0.520. The molecule has 31 heavy (non-hydrogen) atoms. The van der Waals surface area contributed by atoms with Gasteiger partial charge in [-0.15, -0.1) is 0 Å². The van der Waals surface area contributed by atoms with Crippen molar-refractivity contribution in [3.63, 3.8) is 0 Å². The Labute approximate surface area is 186 Å². The van der Waals surface area contributed by atoms with E-state index in [1.54, 1.807) is 0 Å². The van der Waals surface area contributed by atoms with E-state index in [-0.39, 0.29) is 11.7 Å². The monoisotopic (exact) mass is 424 g/mol. The second-order valence-electron chi connectivity index (χ2n) is 8.73. The van der Waals surface area contributed by atoms with Crippen molar-refractivity contribution < 1.29 is 9.59 Å². The van der Waals surface area contributed by atoms with Gasteiger partial charge < -0.3 is 9.88 Å². The Morgan fingerprint density at radius 3 is 2.10 bits per heavy atom. The van der Waals surface area contributed by atoms with E-state index in [4.69, 9.17) is 0 Å². The third-order valence-corrected chi connectivity index (χ3v) is 6.27. The normalized spacial score (nSPS) is 15.3. The number of aryl methyl sites for hydroxylation is 3. The number of aromatic nitrogens is 1. The fourth-order valence-electron chi connectivity index (χ4n) is 4.44. The van der Waals surface area contributed by atoms with Gasteiger partial charge in [0, 0.05) is 55.4 Å². The van der Waals surface area contributed by atoms with E-state index in [1.165, 1.54) is 0 Å². The molecular weight excluding hydrogens is 388 g/mol. The van der Waals surface area contributed by atoms with Crippen LogP contribution in [0.5, 0.6) is 0 Å². The van der Waals surface area contributed by atoms with Crippen molar-refractivity contribution in [2.45, 2.75) is 47.6 Å². The first-order valence-electron chi connectivity index (χ1n) is 11.3. The third-order valence-electron chi connectivity index (χ3n) is 6.27.